The van der Waals surface area contributed by atoms with Crippen LogP contribution in [0.3, 0.4) is 0 Å². The van der Waals surface area contributed by atoms with Crippen LogP contribution in [-0.2, 0) is 13.5 Å². The Morgan fingerprint density at radius 3 is 2.43 bits per heavy atom. The molecule has 0 radical (unpaired) electrons. The molecule has 0 aliphatic rings. The number of rotatable bonds is 3. The van der Waals surface area contributed by atoms with Crippen molar-refractivity contribution in [1.82, 2.24) is 9.78 Å². The predicted octanol–water partition coefficient (Wildman–Crippen LogP) is -1.57. The summed E-state index contributed by atoms with van der Waals surface area (Å²) >= 11 is 0. The van der Waals surface area contributed by atoms with Crippen LogP contribution in [0.2, 0.25) is 0 Å². The molecule has 0 unspecified atom stereocenters. The molecule has 1 rings (SSSR count). The van der Waals surface area contributed by atoms with Crippen LogP contribution in [0, 0.1) is 0 Å². The molecule has 74 valence electrons. The van der Waals surface area contributed by atoms with Crippen molar-refractivity contribution in [2.75, 3.05) is 0 Å². The molecule has 7 heteroatoms. The van der Waals surface area contributed by atoms with Gasteiger partial charge in [0.15, 0.2) is 0 Å². The summed E-state index contributed by atoms with van der Waals surface area (Å²) < 4.78 is 38.4. The number of nitrogens with zero attached hydrogens (tertiary/aromatic N) is 2. The Balaban J connectivity index is 0.00000169. The molecule has 2 nitrogen and oxygen atoms in total. The number of hydrogen-bond donors (Lipinski definition) is 0. The van der Waals surface area contributed by atoms with Crippen molar-refractivity contribution < 1.29 is 64.3 Å². The largest absolute Gasteiger partial charge is 1.00 e. The van der Waals surface area contributed by atoms with Gasteiger partial charge in [0.05, 0.1) is 0 Å². The van der Waals surface area contributed by atoms with E-state index in [2.05, 4.69) is 5.10 Å². The van der Waals surface area contributed by atoms with Gasteiger partial charge < -0.3 is 12.9 Å². The molecule has 0 aliphatic heterocycles. The average molecular weight is 230 g/mol. The van der Waals surface area contributed by atoms with Crippen molar-refractivity contribution in [1.29, 1.82) is 0 Å². The summed E-state index contributed by atoms with van der Waals surface area (Å²) in [6.07, 6.45) is 2.11. The van der Waals surface area contributed by atoms with E-state index >= 15 is 0 Å². The summed E-state index contributed by atoms with van der Waals surface area (Å²) in [5, 5.41) is 3.78. The molecular formula is C7H11BF3KN2. The molecule has 0 bridgehead atoms. The number of aromatic nitrogens is 2. The SMILES string of the molecule is CCCc1nn(C)cc1[B-](F)(F)F.[K+]. The molecule has 1 aromatic rings. The van der Waals surface area contributed by atoms with Gasteiger partial charge in [-0.05, 0) is 12.6 Å². The zero-order valence-corrected chi connectivity index (χ0v) is 11.7. The van der Waals surface area contributed by atoms with Gasteiger partial charge in [0.2, 0.25) is 0 Å². The maximum absolute atomic E-state index is 12.4. The molecule has 0 atom stereocenters. The molecule has 0 fully saturated rings. The second kappa shape index (κ2) is 5.69. The van der Waals surface area contributed by atoms with E-state index in [0.29, 0.717) is 12.8 Å². The van der Waals surface area contributed by atoms with E-state index in [0.717, 1.165) is 6.20 Å². The van der Waals surface area contributed by atoms with E-state index < -0.39 is 12.4 Å². The molecule has 0 aromatic carbocycles. The zero-order valence-electron chi connectivity index (χ0n) is 8.60. The van der Waals surface area contributed by atoms with Gasteiger partial charge in [-0.3, -0.25) is 4.68 Å². The fourth-order valence-electron chi connectivity index (χ4n) is 1.26. The number of halogens is 3. The topological polar surface area (TPSA) is 17.8 Å². The van der Waals surface area contributed by atoms with Crippen molar-refractivity contribution in [3.05, 3.63) is 11.9 Å². The van der Waals surface area contributed by atoms with Gasteiger partial charge in [0, 0.05) is 12.7 Å². The Kier molecular flexibility index (Phi) is 5.98. The molecule has 1 aromatic heterocycles. The van der Waals surface area contributed by atoms with Crippen molar-refractivity contribution in [2.24, 2.45) is 7.05 Å². The van der Waals surface area contributed by atoms with Crippen molar-refractivity contribution >= 4 is 12.4 Å². The Morgan fingerprint density at radius 1 is 1.43 bits per heavy atom. The van der Waals surface area contributed by atoms with Gasteiger partial charge in [-0.1, -0.05) is 18.8 Å². The number of hydrogen-bond acceptors (Lipinski definition) is 1. The second-order valence-electron chi connectivity index (χ2n) is 3.03. The van der Waals surface area contributed by atoms with Crippen LogP contribution in [0.1, 0.15) is 19.0 Å². The molecule has 0 saturated carbocycles. The minimum Gasteiger partial charge on any atom is -0.445 e. The zero-order chi connectivity index (χ0) is 10.1. The molecule has 0 saturated heterocycles. The van der Waals surface area contributed by atoms with Crippen LogP contribution in [-0.4, -0.2) is 16.8 Å². The van der Waals surface area contributed by atoms with E-state index in [-0.39, 0.29) is 57.1 Å². The van der Waals surface area contributed by atoms with Crippen LogP contribution in [0.15, 0.2) is 6.20 Å². The number of aryl methyl sites for hydroxylation is 2. The minimum atomic E-state index is -4.91. The molecule has 0 N–H and O–H groups in total. The van der Waals surface area contributed by atoms with E-state index in [1.807, 2.05) is 6.92 Å². The molecule has 14 heavy (non-hydrogen) atoms. The summed E-state index contributed by atoms with van der Waals surface area (Å²) in [6.45, 7) is -3.07. The predicted molar refractivity (Wildman–Crippen MR) is 45.9 cm³/mol. The molecule has 0 amide bonds. The van der Waals surface area contributed by atoms with E-state index in [9.17, 15) is 12.9 Å². The molecule has 0 spiro atoms. The summed E-state index contributed by atoms with van der Waals surface area (Å²) in [7, 11) is 1.50. The Morgan fingerprint density at radius 2 is 2.00 bits per heavy atom. The van der Waals surface area contributed by atoms with E-state index in [4.69, 9.17) is 0 Å². The first kappa shape index (κ1) is 14.7. The van der Waals surface area contributed by atoms with Gasteiger partial charge >= 0.3 is 58.4 Å². The van der Waals surface area contributed by atoms with Crippen LogP contribution in [0.25, 0.3) is 0 Å². The van der Waals surface area contributed by atoms with Crippen molar-refractivity contribution in [3.63, 3.8) is 0 Å². The quantitative estimate of drug-likeness (QED) is 0.574. The van der Waals surface area contributed by atoms with Crippen LogP contribution in [0.5, 0.6) is 0 Å². The van der Waals surface area contributed by atoms with Crippen molar-refractivity contribution in [3.8, 4) is 0 Å². The summed E-state index contributed by atoms with van der Waals surface area (Å²) in [4.78, 5) is 0. The van der Waals surface area contributed by atoms with Crippen LogP contribution >= 0.6 is 0 Å². The van der Waals surface area contributed by atoms with Crippen LogP contribution in [0.4, 0.5) is 12.9 Å². The third kappa shape index (κ3) is 3.69. The summed E-state index contributed by atoms with van der Waals surface area (Å²) in [5.41, 5.74) is -0.387. The maximum Gasteiger partial charge on any atom is 1.00 e. The first-order chi connectivity index (χ1) is 5.95. The van der Waals surface area contributed by atoms with Crippen LogP contribution < -0.4 is 56.8 Å². The maximum atomic E-state index is 12.4. The standard InChI is InChI=1S/C7H11BF3N2.K/c1-3-4-7-6(8(9,10)11)5-13(2)12-7;/h5H,3-4H2,1-2H3;/q-1;+1. The summed E-state index contributed by atoms with van der Waals surface area (Å²) in [6, 6.07) is 0. The first-order valence-corrected chi connectivity index (χ1v) is 4.17. The molecular weight excluding hydrogens is 219 g/mol. The van der Waals surface area contributed by atoms with Gasteiger partial charge in [-0.25, -0.2) is 0 Å². The minimum absolute atomic E-state index is 0. The van der Waals surface area contributed by atoms with Gasteiger partial charge in [0.1, 0.15) is 0 Å². The fourth-order valence-corrected chi connectivity index (χ4v) is 1.26. The molecule has 1 heterocycles. The summed E-state index contributed by atoms with van der Waals surface area (Å²) in [5.74, 6) is 0. The average Bonchev–Trinajstić information content (AvgIpc) is 2.30. The third-order valence-corrected chi connectivity index (χ3v) is 1.78. The van der Waals surface area contributed by atoms with Crippen molar-refractivity contribution in [2.45, 2.75) is 19.8 Å². The molecule has 0 aliphatic carbocycles. The van der Waals surface area contributed by atoms with E-state index in [1.165, 1.54) is 11.7 Å². The fraction of sp³-hybridized carbons (Fsp3) is 0.571. The monoisotopic (exact) mass is 230 g/mol. The Bertz CT molecular complexity index is 298. The van der Waals surface area contributed by atoms with E-state index in [1.54, 1.807) is 0 Å². The second-order valence-corrected chi connectivity index (χ2v) is 3.03. The normalized spacial score (nSPS) is 11.2. The third-order valence-electron chi connectivity index (χ3n) is 1.78. The van der Waals surface area contributed by atoms with Gasteiger partial charge in [-0.2, -0.15) is 5.10 Å². The Labute approximate surface area is 124 Å². The van der Waals surface area contributed by atoms with Gasteiger partial charge in [-0.15, -0.1) is 0 Å². The smallest absolute Gasteiger partial charge is 0.445 e. The van der Waals surface area contributed by atoms with Gasteiger partial charge in [0.25, 0.3) is 0 Å². The Hall–Kier alpha value is 0.701. The first-order valence-electron chi connectivity index (χ1n) is 4.17.